The van der Waals surface area contributed by atoms with Crippen molar-refractivity contribution in [1.29, 1.82) is 0 Å². The fourth-order valence-electron chi connectivity index (χ4n) is 2.45. The molecule has 0 amide bonds. The highest BCUT2D eigenvalue weighted by Gasteiger charge is 2.19. The molecule has 2 aromatic carbocycles. The van der Waals surface area contributed by atoms with E-state index in [4.69, 9.17) is 0 Å². The summed E-state index contributed by atoms with van der Waals surface area (Å²) in [5.41, 5.74) is 1.48. The Kier molecular flexibility index (Phi) is 3.33. The maximum Gasteiger partial charge on any atom is 0.206 e. The fourth-order valence-corrected chi connectivity index (χ4v) is 3.44. The Morgan fingerprint density at radius 3 is 2.52 bits per heavy atom. The van der Waals surface area contributed by atoms with Gasteiger partial charge in [-0.3, -0.25) is 4.79 Å². The van der Waals surface area contributed by atoms with Gasteiger partial charge in [0.05, 0.1) is 10.4 Å². The summed E-state index contributed by atoms with van der Waals surface area (Å²) in [7, 11) is 0. The molecule has 0 spiro atoms. The predicted molar refractivity (Wildman–Crippen MR) is 81.1 cm³/mol. The number of rotatable bonds is 2. The number of benzene rings is 2. The van der Waals surface area contributed by atoms with Crippen LogP contribution in [0, 0.1) is 25.5 Å². The molecule has 0 bridgehead atoms. The molecule has 3 aromatic rings. The van der Waals surface area contributed by atoms with Crippen LogP contribution in [0.1, 0.15) is 26.4 Å². The first kappa shape index (κ1) is 13.9. The monoisotopic (exact) mass is 302 g/mol. The van der Waals surface area contributed by atoms with Crippen LogP contribution in [0.3, 0.4) is 0 Å². The van der Waals surface area contributed by atoms with Crippen molar-refractivity contribution in [2.24, 2.45) is 0 Å². The first-order chi connectivity index (χ1) is 9.95. The van der Waals surface area contributed by atoms with Gasteiger partial charge < -0.3 is 0 Å². The van der Waals surface area contributed by atoms with Crippen molar-refractivity contribution in [2.75, 3.05) is 0 Å². The van der Waals surface area contributed by atoms with Gasteiger partial charge in [0.25, 0.3) is 0 Å². The summed E-state index contributed by atoms with van der Waals surface area (Å²) in [6.45, 7) is 3.50. The van der Waals surface area contributed by atoms with Crippen molar-refractivity contribution in [3.63, 3.8) is 0 Å². The maximum atomic E-state index is 14.1. The fraction of sp³-hybridized carbons (Fsp3) is 0.118. The molecule has 0 aliphatic carbocycles. The molecule has 0 fully saturated rings. The number of carbonyl (C=O) groups is 1. The minimum atomic E-state index is -0.513. The largest absolute Gasteiger partial charge is 0.288 e. The van der Waals surface area contributed by atoms with Crippen molar-refractivity contribution in [3.8, 4) is 0 Å². The highest BCUT2D eigenvalue weighted by atomic mass is 32.1. The standard InChI is InChI=1S/C17H12F2OS/c1-9-5-10(2)16(13(19)6-9)17(20)15-8-11-7-12(18)3-4-14(11)21-15/h3-8H,1-2H3. The van der Waals surface area contributed by atoms with E-state index in [1.165, 1.54) is 29.5 Å². The van der Waals surface area contributed by atoms with Crippen LogP contribution in [0.5, 0.6) is 0 Å². The predicted octanol–water partition coefficient (Wildman–Crippen LogP) is 5.03. The number of thiophene rings is 1. The topological polar surface area (TPSA) is 17.1 Å². The van der Waals surface area contributed by atoms with Gasteiger partial charge in [0, 0.05) is 4.70 Å². The summed E-state index contributed by atoms with van der Waals surface area (Å²) >= 11 is 1.25. The van der Waals surface area contributed by atoms with Gasteiger partial charge in [0.15, 0.2) is 0 Å². The summed E-state index contributed by atoms with van der Waals surface area (Å²) in [5.74, 6) is -1.22. The van der Waals surface area contributed by atoms with Crippen LogP contribution in [-0.4, -0.2) is 5.78 Å². The van der Waals surface area contributed by atoms with Crippen LogP contribution in [-0.2, 0) is 0 Å². The van der Waals surface area contributed by atoms with Gasteiger partial charge in [-0.05, 0) is 60.7 Å². The molecule has 0 aliphatic rings. The summed E-state index contributed by atoms with van der Waals surface area (Å²) in [6, 6.07) is 9.11. The minimum absolute atomic E-state index is 0.0904. The number of halogens is 2. The van der Waals surface area contributed by atoms with Crippen LogP contribution in [0.4, 0.5) is 8.78 Å². The van der Waals surface area contributed by atoms with Gasteiger partial charge in [0.1, 0.15) is 11.6 Å². The number of ketones is 1. The lowest BCUT2D eigenvalue weighted by molar-refractivity contribution is 0.103. The second-order valence-electron chi connectivity index (χ2n) is 5.06. The molecule has 1 nitrogen and oxygen atoms in total. The molecule has 0 radical (unpaired) electrons. The van der Waals surface area contributed by atoms with Gasteiger partial charge in [-0.15, -0.1) is 11.3 Å². The normalized spacial score (nSPS) is 11.0. The zero-order valence-electron chi connectivity index (χ0n) is 11.5. The zero-order chi connectivity index (χ0) is 15.1. The highest BCUT2D eigenvalue weighted by Crippen LogP contribution is 2.29. The van der Waals surface area contributed by atoms with Crippen LogP contribution >= 0.6 is 11.3 Å². The molecular weight excluding hydrogens is 290 g/mol. The molecule has 0 saturated carbocycles. The number of hydrogen-bond acceptors (Lipinski definition) is 2. The third-order valence-corrected chi connectivity index (χ3v) is 4.48. The first-order valence-corrected chi connectivity index (χ1v) is 7.28. The smallest absolute Gasteiger partial charge is 0.206 e. The van der Waals surface area contributed by atoms with Gasteiger partial charge in [0.2, 0.25) is 5.78 Å². The average Bonchev–Trinajstić information content (AvgIpc) is 2.80. The summed E-state index contributed by atoms with van der Waals surface area (Å²) in [6.07, 6.45) is 0. The molecule has 0 aliphatic heterocycles. The van der Waals surface area contributed by atoms with Crippen LogP contribution in [0.25, 0.3) is 10.1 Å². The van der Waals surface area contributed by atoms with E-state index in [0.29, 0.717) is 15.8 Å². The summed E-state index contributed by atoms with van der Waals surface area (Å²) < 4.78 is 28.1. The maximum absolute atomic E-state index is 14.1. The number of hydrogen-bond donors (Lipinski definition) is 0. The number of fused-ring (bicyclic) bond motifs is 1. The molecular formula is C17H12F2OS. The molecule has 1 aromatic heterocycles. The lowest BCUT2D eigenvalue weighted by atomic mass is 10.0. The lowest BCUT2D eigenvalue weighted by Crippen LogP contribution is -2.05. The zero-order valence-corrected chi connectivity index (χ0v) is 12.4. The van der Waals surface area contributed by atoms with Crippen molar-refractivity contribution in [1.82, 2.24) is 0 Å². The quantitative estimate of drug-likeness (QED) is 0.607. The van der Waals surface area contributed by atoms with E-state index < -0.39 is 5.82 Å². The van der Waals surface area contributed by atoms with E-state index in [1.54, 1.807) is 32.0 Å². The van der Waals surface area contributed by atoms with E-state index in [-0.39, 0.29) is 17.2 Å². The Hall–Kier alpha value is -2.07. The van der Waals surface area contributed by atoms with E-state index in [2.05, 4.69) is 0 Å². The molecule has 4 heteroatoms. The number of aryl methyl sites for hydroxylation is 2. The Bertz CT molecular complexity index is 841. The second-order valence-corrected chi connectivity index (χ2v) is 6.14. The lowest BCUT2D eigenvalue weighted by Gasteiger charge is -2.06. The van der Waals surface area contributed by atoms with E-state index in [0.717, 1.165) is 10.3 Å². The van der Waals surface area contributed by atoms with Gasteiger partial charge in [-0.1, -0.05) is 6.07 Å². The molecule has 0 atom stereocenters. The molecule has 0 N–H and O–H groups in total. The van der Waals surface area contributed by atoms with Gasteiger partial charge in [-0.2, -0.15) is 0 Å². The average molecular weight is 302 g/mol. The second kappa shape index (κ2) is 5.04. The molecule has 1 heterocycles. The van der Waals surface area contributed by atoms with Crippen LogP contribution in [0.15, 0.2) is 36.4 Å². The van der Waals surface area contributed by atoms with Crippen molar-refractivity contribution < 1.29 is 13.6 Å². The highest BCUT2D eigenvalue weighted by molar-refractivity contribution is 7.21. The van der Waals surface area contributed by atoms with Crippen molar-refractivity contribution >= 4 is 27.2 Å². The van der Waals surface area contributed by atoms with Crippen molar-refractivity contribution in [2.45, 2.75) is 13.8 Å². The molecule has 0 unspecified atom stereocenters. The van der Waals surface area contributed by atoms with E-state index in [1.807, 2.05) is 0 Å². The van der Waals surface area contributed by atoms with Crippen LogP contribution in [0.2, 0.25) is 0 Å². The van der Waals surface area contributed by atoms with Gasteiger partial charge in [-0.25, -0.2) is 8.78 Å². The molecule has 3 rings (SSSR count). The number of carbonyl (C=O) groups excluding carboxylic acids is 1. The Morgan fingerprint density at radius 2 is 1.81 bits per heavy atom. The Balaban J connectivity index is 2.12. The summed E-state index contributed by atoms with van der Waals surface area (Å²) in [4.78, 5) is 12.9. The van der Waals surface area contributed by atoms with Crippen molar-refractivity contribution in [3.05, 3.63) is 69.6 Å². The van der Waals surface area contributed by atoms with E-state index in [9.17, 15) is 13.6 Å². The third-order valence-electron chi connectivity index (χ3n) is 3.36. The SMILES string of the molecule is Cc1cc(C)c(C(=O)c2cc3cc(F)ccc3s2)c(F)c1. The molecule has 21 heavy (non-hydrogen) atoms. The van der Waals surface area contributed by atoms with Crippen LogP contribution < -0.4 is 0 Å². The first-order valence-electron chi connectivity index (χ1n) is 6.46. The van der Waals surface area contributed by atoms with Gasteiger partial charge >= 0.3 is 0 Å². The molecule has 106 valence electrons. The Labute approximate surface area is 124 Å². The Morgan fingerprint density at radius 1 is 1.05 bits per heavy atom. The minimum Gasteiger partial charge on any atom is -0.288 e. The molecule has 0 saturated heterocycles. The summed E-state index contributed by atoms with van der Waals surface area (Å²) in [5, 5.41) is 0.661. The third kappa shape index (κ3) is 2.47. The van der Waals surface area contributed by atoms with E-state index >= 15 is 0 Å².